The zero-order valence-electron chi connectivity index (χ0n) is 14.4. The number of amides is 2. The van der Waals surface area contributed by atoms with Crippen LogP contribution in [0.2, 0.25) is 0 Å². The van der Waals surface area contributed by atoms with Gasteiger partial charge in [0.15, 0.2) is 6.61 Å². The first kappa shape index (κ1) is 18.0. The van der Waals surface area contributed by atoms with Crippen molar-refractivity contribution in [3.8, 4) is 0 Å². The minimum absolute atomic E-state index is 0.0962. The van der Waals surface area contributed by atoms with Crippen LogP contribution in [0, 0.1) is 19.8 Å². The van der Waals surface area contributed by atoms with E-state index in [4.69, 9.17) is 4.74 Å². The highest BCUT2D eigenvalue weighted by Crippen LogP contribution is 2.29. The minimum atomic E-state index is -0.531. The molecule has 2 amide bonds. The number of ether oxygens (including phenoxy) is 1. The Bertz CT molecular complexity index is 642. The number of rotatable bonds is 6. The predicted molar refractivity (Wildman–Crippen MR) is 90.6 cm³/mol. The summed E-state index contributed by atoms with van der Waals surface area (Å²) in [5, 5.41) is 2.64. The lowest BCUT2D eigenvalue weighted by Crippen LogP contribution is -2.31. The molecule has 1 N–H and O–H groups in total. The molecule has 0 bridgehead atoms. The van der Waals surface area contributed by atoms with Crippen molar-refractivity contribution in [3.05, 3.63) is 29.3 Å². The molecule has 24 heavy (non-hydrogen) atoms. The summed E-state index contributed by atoms with van der Waals surface area (Å²) in [4.78, 5) is 37.5. The number of carbonyl (C=O) groups excluding carboxylic acids is 3. The molecule has 2 rings (SSSR count). The van der Waals surface area contributed by atoms with Gasteiger partial charge in [-0.1, -0.05) is 19.1 Å². The van der Waals surface area contributed by atoms with E-state index in [-0.39, 0.29) is 24.8 Å². The highest BCUT2D eigenvalue weighted by Gasteiger charge is 2.36. The van der Waals surface area contributed by atoms with Crippen LogP contribution in [0.1, 0.15) is 30.9 Å². The van der Waals surface area contributed by atoms with Gasteiger partial charge in [0.05, 0.1) is 5.92 Å². The van der Waals surface area contributed by atoms with Gasteiger partial charge in [0, 0.05) is 25.2 Å². The van der Waals surface area contributed by atoms with E-state index in [1.54, 1.807) is 4.90 Å². The standard InChI is InChI=1S/C18H24N2O4/c1-4-8-19-16(21)11-24-18(23)14-9-17(22)20(10-14)15-7-5-6-12(2)13(15)3/h5-7,14H,4,8-11H2,1-3H3,(H,19,21)/t14-/m0/s1. The second-order valence-electron chi connectivity index (χ2n) is 6.08. The van der Waals surface area contributed by atoms with Gasteiger partial charge in [-0.25, -0.2) is 0 Å². The largest absolute Gasteiger partial charge is 0.455 e. The smallest absolute Gasteiger partial charge is 0.311 e. The molecule has 1 aromatic carbocycles. The minimum Gasteiger partial charge on any atom is -0.455 e. The molecule has 0 unspecified atom stereocenters. The zero-order valence-corrected chi connectivity index (χ0v) is 14.4. The topological polar surface area (TPSA) is 75.7 Å². The van der Waals surface area contributed by atoms with Gasteiger partial charge >= 0.3 is 5.97 Å². The molecule has 0 spiro atoms. The first-order valence-electron chi connectivity index (χ1n) is 8.24. The third-order valence-corrected chi connectivity index (χ3v) is 4.24. The summed E-state index contributed by atoms with van der Waals surface area (Å²) < 4.78 is 5.04. The van der Waals surface area contributed by atoms with Crippen molar-refractivity contribution in [2.24, 2.45) is 5.92 Å². The SMILES string of the molecule is CCCNC(=O)COC(=O)[C@H]1CC(=O)N(c2cccc(C)c2C)C1. The van der Waals surface area contributed by atoms with Gasteiger partial charge in [-0.3, -0.25) is 14.4 Å². The van der Waals surface area contributed by atoms with Gasteiger partial charge in [-0.2, -0.15) is 0 Å². The van der Waals surface area contributed by atoms with Gasteiger partial charge in [0.1, 0.15) is 0 Å². The Kier molecular flexibility index (Phi) is 5.95. The lowest BCUT2D eigenvalue weighted by atomic mass is 10.1. The number of carbonyl (C=O) groups is 3. The summed E-state index contributed by atoms with van der Waals surface area (Å²) in [5.74, 6) is -1.44. The monoisotopic (exact) mass is 332 g/mol. The molecule has 0 radical (unpaired) electrons. The summed E-state index contributed by atoms with van der Waals surface area (Å²) >= 11 is 0. The molecule has 6 nitrogen and oxygen atoms in total. The van der Waals surface area contributed by atoms with Gasteiger partial charge < -0.3 is 15.0 Å². The summed E-state index contributed by atoms with van der Waals surface area (Å²) in [7, 11) is 0. The lowest BCUT2D eigenvalue weighted by Gasteiger charge is -2.20. The van der Waals surface area contributed by atoms with Crippen molar-refractivity contribution < 1.29 is 19.1 Å². The molecule has 0 saturated carbocycles. The Balaban J connectivity index is 1.95. The normalized spacial score (nSPS) is 17.0. The van der Waals surface area contributed by atoms with E-state index in [9.17, 15) is 14.4 Å². The number of hydrogen-bond acceptors (Lipinski definition) is 4. The fourth-order valence-electron chi connectivity index (χ4n) is 2.70. The Morgan fingerprint density at radius 1 is 1.33 bits per heavy atom. The highest BCUT2D eigenvalue weighted by molar-refractivity contribution is 6.00. The Hall–Kier alpha value is -2.37. The van der Waals surface area contributed by atoms with Crippen LogP contribution < -0.4 is 10.2 Å². The number of anilines is 1. The van der Waals surface area contributed by atoms with Crippen LogP contribution >= 0.6 is 0 Å². The summed E-state index contributed by atoms with van der Waals surface area (Å²) in [6.07, 6.45) is 0.935. The quantitative estimate of drug-likeness (QED) is 0.805. The van der Waals surface area contributed by atoms with Crippen LogP contribution in [0.4, 0.5) is 5.69 Å². The highest BCUT2D eigenvalue weighted by atomic mass is 16.5. The second-order valence-corrected chi connectivity index (χ2v) is 6.08. The zero-order chi connectivity index (χ0) is 17.7. The van der Waals surface area contributed by atoms with Gasteiger partial charge in [-0.05, 0) is 37.5 Å². The molecule has 1 aliphatic heterocycles. The molecule has 1 heterocycles. The number of esters is 1. The first-order chi connectivity index (χ1) is 11.4. The number of nitrogens with one attached hydrogen (secondary N) is 1. The molecule has 6 heteroatoms. The number of aryl methyl sites for hydroxylation is 1. The van der Waals surface area contributed by atoms with E-state index in [2.05, 4.69) is 5.32 Å². The third-order valence-electron chi connectivity index (χ3n) is 4.24. The van der Waals surface area contributed by atoms with E-state index in [0.29, 0.717) is 13.1 Å². The van der Waals surface area contributed by atoms with Gasteiger partial charge in [-0.15, -0.1) is 0 Å². The van der Waals surface area contributed by atoms with Crippen molar-refractivity contribution in [2.45, 2.75) is 33.6 Å². The summed E-state index contributed by atoms with van der Waals surface area (Å²) in [6.45, 7) is 6.43. The molecular weight excluding hydrogens is 308 g/mol. The van der Waals surface area contributed by atoms with Crippen molar-refractivity contribution in [2.75, 3.05) is 24.6 Å². The first-order valence-corrected chi connectivity index (χ1v) is 8.24. The van der Waals surface area contributed by atoms with Crippen LogP contribution in [0.3, 0.4) is 0 Å². The molecule has 1 aliphatic rings. The van der Waals surface area contributed by atoms with Crippen molar-refractivity contribution in [1.82, 2.24) is 5.32 Å². The fraction of sp³-hybridized carbons (Fsp3) is 0.500. The van der Waals surface area contributed by atoms with E-state index in [0.717, 1.165) is 23.2 Å². The molecule has 0 aromatic heterocycles. The van der Waals surface area contributed by atoms with Gasteiger partial charge in [0.2, 0.25) is 5.91 Å². The average molecular weight is 332 g/mol. The van der Waals surface area contributed by atoms with Crippen molar-refractivity contribution >= 4 is 23.5 Å². The summed E-state index contributed by atoms with van der Waals surface area (Å²) in [6, 6.07) is 5.76. The molecule has 1 atom stereocenters. The lowest BCUT2D eigenvalue weighted by molar-refractivity contribution is -0.152. The number of benzene rings is 1. The predicted octanol–water partition coefficient (Wildman–Crippen LogP) is 1.73. The maximum Gasteiger partial charge on any atom is 0.311 e. The molecule has 130 valence electrons. The summed E-state index contributed by atoms with van der Waals surface area (Å²) in [5.41, 5.74) is 2.95. The average Bonchev–Trinajstić information content (AvgIpc) is 2.95. The molecular formula is C18H24N2O4. The maximum atomic E-state index is 12.3. The molecule has 1 aromatic rings. The van der Waals surface area contributed by atoms with Gasteiger partial charge in [0.25, 0.3) is 5.91 Å². The fourth-order valence-corrected chi connectivity index (χ4v) is 2.70. The van der Waals surface area contributed by atoms with Crippen LogP contribution in [0.15, 0.2) is 18.2 Å². The van der Waals surface area contributed by atoms with E-state index in [1.807, 2.05) is 39.0 Å². The Morgan fingerprint density at radius 3 is 2.79 bits per heavy atom. The molecule has 1 saturated heterocycles. The Morgan fingerprint density at radius 2 is 2.08 bits per heavy atom. The number of hydrogen-bond donors (Lipinski definition) is 1. The second kappa shape index (κ2) is 7.95. The van der Waals surface area contributed by atoms with Crippen LogP contribution in [-0.4, -0.2) is 37.5 Å². The number of nitrogens with zero attached hydrogens (tertiary/aromatic N) is 1. The Labute approximate surface area is 142 Å². The molecule has 0 aliphatic carbocycles. The van der Waals surface area contributed by atoms with E-state index < -0.39 is 11.9 Å². The van der Waals surface area contributed by atoms with E-state index >= 15 is 0 Å². The third kappa shape index (κ3) is 4.13. The maximum absolute atomic E-state index is 12.3. The van der Waals surface area contributed by atoms with Crippen molar-refractivity contribution in [1.29, 1.82) is 0 Å². The van der Waals surface area contributed by atoms with Crippen LogP contribution in [0.5, 0.6) is 0 Å². The van der Waals surface area contributed by atoms with Crippen molar-refractivity contribution in [3.63, 3.8) is 0 Å². The molecule has 1 fully saturated rings. The van der Waals surface area contributed by atoms with E-state index in [1.165, 1.54) is 0 Å². The van der Waals surface area contributed by atoms with Crippen LogP contribution in [0.25, 0.3) is 0 Å². The van der Waals surface area contributed by atoms with Crippen LogP contribution in [-0.2, 0) is 19.1 Å².